The quantitative estimate of drug-likeness (QED) is 0.582. The average molecular weight is 392 g/mol. The van der Waals surface area contributed by atoms with Crippen LogP contribution in [0.5, 0.6) is 11.5 Å². The van der Waals surface area contributed by atoms with Crippen LogP contribution in [-0.2, 0) is 13.0 Å². The van der Waals surface area contributed by atoms with Gasteiger partial charge in [-0.05, 0) is 47.9 Å². The number of nitrogens with one attached hydrogen (secondary N) is 2. The fourth-order valence-corrected chi connectivity index (χ4v) is 2.70. The van der Waals surface area contributed by atoms with Crippen molar-refractivity contribution >= 4 is 11.9 Å². The normalized spacial score (nSPS) is 10.3. The van der Waals surface area contributed by atoms with Crippen LogP contribution in [0.25, 0.3) is 0 Å². The summed E-state index contributed by atoms with van der Waals surface area (Å²) in [5.41, 5.74) is 2.51. The number of anilines is 1. The van der Waals surface area contributed by atoms with E-state index in [9.17, 15) is 4.79 Å². The largest absolute Gasteiger partial charge is 0.497 e. The monoisotopic (exact) mass is 392 g/mol. The number of benzene rings is 2. The summed E-state index contributed by atoms with van der Waals surface area (Å²) in [5, 5.41) is 6.02. The maximum atomic E-state index is 12.4. The molecule has 0 bridgehead atoms. The Hall–Kier alpha value is -3.61. The van der Waals surface area contributed by atoms with Gasteiger partial charge in [-0.1, -0.05) is 24.3 Å². The van der Waals surface area contributed by atoms with Gasteiger partial charge in [-0.3, -0.25) is 4.79 Å². The van der Waals surface area contributed by atoms with E-state index < -0.39 is 0 Å². The molecule has 3 rings (SSSR count). The first kappa shape index (κ1) is 20.1. The first-order valence-electron chi connectivity index (χ1n) is 9.29. The molecule has 1 amide bonds. The zero-order chi connectivity index (χ0) is 20.5. The van der Waals surface area contributed by atoms with E-state index in [1.54, 1.807) is 26.5 Å². The molecule has 0 saturated heterocycles. The lowest BCUT2D eigenvalue weighted by atomic mass is 10.1. The van der Waals surface area contributed by atoms with Crippen molar-refractivity contribution < 1.29 is 14.3 Å². The van der Waals surface area contributed by atoms with Crippen LogP contribution in [0.15, 0.2) is 60.8 Å². The number of carbonyl (C=O) groups excluding carboxylic acids is 1. The van der Waals surface area contributed by atoms with Crippen LogP contribution in [-0.4, -0.2) is 36.6 Å². The van der Waals surface area contributed by atoms with Crippen LogP contribution in [0.1, 0.15) is 21.6 Å². The first-order valence-corrected chi connectivity index (χ1v) is 9.29. The second kappa shape index (κ2) is 10.1. The zero-order valence-electron chi connectivity index (χ0n) is 16.5. The van der Waals surface area contributed by atoms with Crippen molar-refractivity contribution in [1.82, 2.24) is 15.3 Å². The van der Waals surface area contributed by atoms with Crippen LogP contribution in [0, 0.1) is 0 Å². The first-order chi connectivity index (χ1) is 14.2. The molecule has 3 aromatic rings. The number of hydrogen-bond acceptors (Lipinski definition) is 6. The van der Waals surface area contributed by atoms with Crippen LogP contribution < -0.4 is 20.1 Å². The van der Waals surface area contributed by atoms with Gasteiger partial charge < -0.3 is 20.1 Å². The van der Waals surface area contributed by atoms with Gasteiger partial charge in [0, 0.05) is 19.3 Å². The Morgan fingerprint density at radius 3 is 2.14 bits per heavy atom. The summed E-state index contributed by atoms with van der Waals surface area (Å²) < 4.78 is 10.3. The minimum atomic E-state index is -0.228. The molecule has 2 aromatic carbocycles. The smallest absolute Gasteiger partial charge is 0.270 e. The van der Waals surface area contributed by atoms with Gasteiger partial charge in [0.05, 0.1) is 14.2 Å². The van der Waals surface area contributed by atoms with Gasteiger partial charge in [0.2, 0.25) is 5.95 Å². The molecule has 0 aliphatic rings. The van der Waals surface area contributed by atoms with Crippen molar-refractivity contribution in [2.45, 2.75) is 13.0 Å². The Labute approximate surface area is 170 Å². The maximum Gasteiger partial charge on any atom is 0.270 e. The number of ether oxygens (including phenoxy) is 2. The van der Waals surface area contributed by atoms with Crippen LogP contribution in [0.3, 0.4) is 0 Å². The van der Waals surface area contributed by atoms with Gasteiger partial charge >= 0.3 is 0 Å². The van der Waals surface area contributed by atoms with Crippen molar-refractivity contribution in [1.29, 1.82) is 0 Å². The van der Waals surface area contributed by atoms with Gasteiger partial charge in [0.15, 0.2) is 0 Å². The fourth-order valence-electron chi connectivity index (χ4n) is 2.70. The van der Waals surface area contributed by atoms with Crippen LogP contribution >= 0.6 is 0 Å². The molecule has 0 radical (unpaired) electrons. The van der Waals surface area contributed by atoms with Crippen molar-refractivity contribution in [3.05, 3.63) is 77.6 Å². The maximum absolute atomic E-state index is 12.4. The van der Waals surface area contributed by atoms with Crippen LogP contribution in [0.4, 0.5) is 5.95 Å². The molecule has 150 valence electrons. The third kappa shape index (κ3) is 5.93. The molecule has 29 heavy (non-hydrogen) atoms. The molecular weight excluding hydrogens is 368 g/mol. The molecule has 2 N–H and O–H groups in total. The number of nitrogens with zero attached hydrogens (tertiary/aromatic N) is 2. The SMILES string of the molecule is COc1ccc(CCNC(=O)c2ccnc(NCc3ccc(OC)cc3)n2)cc1. The number of rotatable bonds is 9. The summed E-state index contributed by atoms with van der Waals surface area (Å²) in [6, 6.07) is 17.1. The Bertz CT molecular complexity index is 928. The van der Waals surface area contributed by atoms with Crippen molar-refractivity contribution in [3.8, 4) is 11.5 Å². The second-order valence-corrected chi connectivity index (χ2v) is 6.32. The third-order valence-corrected chi connectivity index (χ3v) is 4.36. The van der Waals surface area contributed by atoms with E-state index in [1.165, 1.54) is 0 Å². The van der Waals surface area contributed by atoms with Crippen LogP contribution in [0.2, 0.25) is 0 Å². The lowest BCUT2D eigenvalue weighted by Crippen LogP contribution is -2.26. The Morgan fingerprint density at radius 2 is 1.52 bits per heavy atom. The minimum absolute atomic E-state index is 0.228. The lowest BCUT2D eigenvalue weighted by molar-refractivity contribution is 0.0949. The van der Waals surface area contributed by atoms with E-state index in [0.29, 0.717) is 24.7 Å². The number of amides is 1. The number of hydrogen-bond donors (Lipinski definition) is 2. The summed E-state index contributed by atoms with van der Waals surface area (Å²) in [4.78, 5) is 20.8. The predicted molar refractivity (Wildman–Crippen MR) is 111 cm³/mol. The minimum Gasteiger partial charge on any atom is -0.497 e. The molecular formula is C22H24N4O3. The summed E-state index contributed by atoms with van der Waals surface area (Å²) in [5.74, 6) is 1.80. The molecule has 0 aliphatic carbocycles. The highest BCUT2D eigenvalue weighted by molar-refractivity contribution is 5.92. The third-order valence-electron chi connectivity index (χ3n) is 4.36. The highest BCUT2D eigenvalue weighted by Gasteiger charge is 2.08. The average Bonchev–Trinajstić information content (AvgIpc) is 2.78. The summed E-state index contributed by atoms with van der Waals surface area (Å²) in [7, 11) is 3.27. The molecule has 7 nitrogen and oxygen atoms in total. The van der Waals surface area contributed by atoms with Crippen molar-refractivity contribution in [2.75, 3.05) is 26.1 Å². The molecule has 1 heterocycles. The molecule has 0 aliphatic heterocycles. The fraction of sp³-hybridized carbons (Fsp3) is 0.227. The molecule has 0 unspecified atom stereocenters. The summed E-state index contributed by atoms with van der Waals surface area (Å²) >= 11 is 0. The van der Waals surface area contributed by atoms with E-state index in [4.69, 9.17) is 9.47 Å². The summed E-state index contributed by atoms with van der Waals surface area (Å²) in [6.07, 6.45) is 2.30. The Balaban J connectivity index is 1.50. The number of carbonyl (C=O) groups is 1. The molecule has 0 saturated carbocycles. The van der Waals surface area contributed by atoms with Gasteiger partial charge in [-0.15, -0.1) is 0 Å². The van der Waals surface area contributed by atoms with E-state index >= 15 is 0 Å². The molecule has 0 fully saturated rings. The summed E-state index contributed by atoms with van der Waals surface area (Å²) in [6.45, 7) is 1.07. The van der Waals surface area contributed by atoms with E-state index in [1.807, 2.05) is 48.5 Å². The number of aromatic nitrogens is 2. The van der Waals surface area contributed by atoms with Gasteiger partial charge in [0.1, 0.15) is 17.2 Å². The predicted octanol–water partition coefficient (Wildman–Crippen LogP) is 3.08. The standard InChI is InChI=1S/C22H24N4O3/c1-28-18-7-3-16(4-8-18)11-13-23-21(27)20-12-14-24-22(26-20)25-15-17-5-9-19(29-2)10-6-17/h3-10,12,14H,11,13,15H2,1-2H3,(H,23,27)(H,24,25,26). The molecule has 7 heteroatoms. The zero-order valence-corrected chi connectivity index (χ0v) is 16.5. The van der Waals surface area contributed by atoms with E-state index in [2.05, 4.69) is 20.6 Å². The highest BCUT2D eigenvalue weighted by atomic mass is 16.5. The van der Waals surface area contributed by atoms with Gasteiger partial charge in [0.25, 0.3) is 5.91 Å². The molecule has 0 atom stereocenters. The van der Waals surface area contributed by atoms with Gasteiger partial charge in [-0.25, -0.2) is 9.97 Å². The number of methoxy groups -OCH3 is 2. The van der Waals surface area contributed by atoms with Crippen molar-refractivity contribution in [2.24, 2.45) is 0 Å². The van der Waals surface area contributed by atoms with E-state index in [-0.39, 0.29) is 5.91 Å². The molecule has 1 aromatic heterocycles. The molecule has 0 spiro atoms. The van der Waals surface area contributed by atoms with Gasteiger partial charge in [-0.2, -0.15) is 0 Å². The Kier molecular flexibility index (Phi) is 7.00. The lowest BCUT2D eigenvalue weighted by Gasteiger charge is -2.08. The Morgan fingerprint density at radius 1 is 0.897 bits per heavy atom. The highest BCUT2D eigenvalue weighted by Crippen LogP contribution is 2.13. The van der Waals surface area contributed by atoms with E-state index in [0.717, 1.165) is 29.0 Å². The topological polar surface area (TPSA) is 85.4 Å². The van der Waals surface area contributed by atoms with Crippen molar-refractivity contribution in [3.63, 3.8) is 0 Å². The second-order valence-electron chi connectivity index (χ2n) is 6.32.